The summed E-state index contributed by atoms with van der Waals surface area (Å²) in [5, 5.41) is 5.83. The number of nitrogens with zero attached hydrogens (tertiary/aromatic N) is 1. The number of carbonyl (C=O) groups is 2. The third-order valence-corrected chi connectivity index (χ3v) is 4.25. The number of anilines is 1. The van der Waals surface area contributed by atoms with Gasteiger partial charge in [-0.3, -0.25) is 9.59 Å². The number of benzene rings is 1. The van der Waals surface area contributed by atoms with Crippen molar-refractivity contribution in [2.45, 2.75) is 32.6 Å². The predicted molar refractivity (Wildman–Crippen MR) is 91.4 cm³/mol. The molecule has 0 spiro atoms. The van der Waals surface area contributed by atoms with Crippen molar-refractivity contribution < 1.29 is 14.3 Å². The van der Waals surface area contributed by atoms with Crippen LogP contribution in [0.2, 0.25) is 0 Å². The van der Waals surface area contributed by atoms with Gasteiger partial charge in [0.05, 0.1) is 17.8 Å². The van der Waals surface area contributed by atoms with Gasteiger partial charge < -0.3 is 10.1 Å². The van der Waals surface area contributed by atoms with Crippen LogP contribution in [-0.4, -0.2) is 24.0 Å². The number of esters is 1. The van der Waals surface area contributed by atoms with Crippen LogP contribution in [0.1, 0.15) is 31.2 Å². The van der Waals surface area contributed by atoms with Crippen LogP contribution in [0.5, 0.6) is 0 Å². The number of amides is 1. The lowest BCUT2D eigenvalue weighted by molar-refractivity contribution is -0.140. The highest BCUT2D eigenvalue weighted by Crippen LogP contribution is 2.24. The topological polar surface area (TPSA) is 68.3 Å². The van der Waals surface area contributed by atoms with E-state index in [0.717, 1.165) is 34.8 Å². The molecule has 0 bridgehead atoms. The highest BCUT2D eigenvalue weighted by atomic mass is 32.1. The Morgan fingerprint density at radius 1 is 1.26 bits per heavy atom. The maximum absolute atomic E-state index is 11.4. The molecule has 1 heterocycles. The second kappa shape index (κ2) is 8.43. The Morgan fingerprint density at radius 3 is 2.65 bits per heavy atom. The van der Waals surface area contributed by atoms with Crippen LogP contribution in [0.15, 0.2) is 29.6 Å². The fraction of sp³-hybridized carbons (Fsp3) is 0.353. The van der Waals surface area contributed by atoms with Crippen LogP contribution < -0.4 is 5.32 Å². The minimum atomic E-state index is -0.188. The lowest BCUT2D eigenvalue weighted by Gasteiger charge is -2.04. The van der Waals surface area contributed by atoms with Crippen LogP contribution >= 0.6 is 11.3 Å². The van der Waals surface area contributed by atoms with E-state index in [4.69, 9.17) is 0 Å². The largest absolute Gasteiger partial charge is 0.469 e. The number of methoxy groups -OCH3 is 1. The van der Waals surface area contributed by atoms with Gasteiger partial charge in [0.25, 0.3) is 0 Å². The fourth-order valence-corrected chi connectivity index (χ4v) is 2.87. The molecular weight excluding hydrogens is 312 g/mol. The SMILES string of the molecule is CCC(=O)Nc1ccc(-c2csc(CCCC(=O)OC)n2)cc1. The molecule has 0 aliphatic rings. The normalized spacial score (nSPS) is 10.3. The molecular formula is C17H20N2O3S. The molecule has 2 rings (SSSR count). The number of hydrogen-bond acceptors (Lipinski definition) is 5. The minimum Gasteiger partial charge on any atom is -0.469 e. The summed E-state index contributed by atoms with van der Waals surface area (Å²) in [5.41, 5.74) is 2.71. The molecule has 0 atom stereocenters. The molecule has 0 saturated heterocycles. The van der Waals surface area contributed by atoms with E-state index in [1.807, 2.05) is 36.6 Å². The van der Waals surface area contributed by atoms with Gasteiger partial charge in [-0.25, -0.2) is 4.98 Å². The van der Waals surface area contributed by atoms with Crippen molar-refractivity contribution in [2.75, 3.05) is 12.4 Å². The first-order valence-corrected chi connectivity index (χ1v) is 8.42. The average molecular weight is 332 g/mol. The summed E-state index contributed by atoms with van der Waals surface area (Å²) >= 11 is 1.59. The molecule has 23 heavy (non-hydrogen) atoms. The standard InChI is InChI=1S/C17H20N2O3S/c1-3-15(20)18-13-9-7-12(8-10-13)14-11-23-16(19-14)5-4-6-17(21)22-2/h7-11H,3-6H2,1-2H3,(H,18,20). The van der Waals surface area contributed by atoms with Crippen molar-refractivity contribution in [3.05, 3.63) is 34.7 Å². The molecule has 0 radical (unpaired) electrons. The summed E-state index contributed by atoms with van der Waals surface area (Å²) in [6.45, 7) is 1.82. The Morgan fingerprint density at radius 2 is 2.00 bits per heavy atom. The summed E-state index contributed by atoms with van der Waals surface area (Å²) in [4.78, 5) is 27.0. The Bertz CT molecular complexity index is 665. The first-order chi connectivity index (χ1) is 11.1. The van der Waals surface area contributed by atoms with Gasteiger partial charge in [0.15, 0.2) is 0 Å². The van der Waals surface area contributed by atoms with Gasteiger partial charge in [-0.2, -0.15) is 0 Å². The van der Waals surface area contributed by atoms with E-state index in [1.54, 1.807) is 11.3 Å². The number of carbonyl (C=O) groups excluding carboxylic acids is 2. The van der Waals surface area contributed by atoms with E-state index >= 15 is 0 Å². The number of rotatable bonds is 7. The van der Waals surface area contributed by atoms with Crippen LogP contribution in [0, 0.1) is 0 Å². The fourth-order valence-electron chi connectivity index (χ4n) is 2.02. The van der Waals surface area contributed by atoms with Gasteiger partial charge in [0.2, 0.25) is 5.91 Å². The van der Waals surface area contributed by atoms with Gasteiger partial charge >= 0.3 is 5.97 Å². The van der Waals surface area contributed by atoms with E-state index in [-0.39, 0.29) is 11.9 Å². The zero-order chi connectivity index (χ0) is 16.7. The molecule has 6 heteroatoms. The number of ether oxygens (including phenoxy) is 1. The van der Waals surface area contributed by atoms with Crippen molar-refractivity contribution >= 4 is 28.9 Å². The molecule has 0 aliphatic carbocycles. The summed E-state index contributed by atoms with van der Waals surface area (Å²) < 4.78 is 4.62. The van der Waals surface area contributed by atoms with Crippen molar-refractivity contribution in [3.8, 4) is 11.3 Å². The molecule has 0 saturated carbocycles. The monoisotopic (exact) mass is 332 g/mol. The van der Waals surface area contributed by atoms with Gasteiger partial charge in [0, 0.05) is 29.5 Å². The van der Waals surface area contributed by atoms with Crippen LogP contribution in [-0.2, 0) is 20.7 Å². The average Bonchev–Trinajstić information content (AvgIpc) is 3.04. The molecule has 0 fully saturated rings. The van der Waals surface area contributed by atoms with Gasteiger partial charge in [0.1, 0.15) is 0 Å². The first-order valence-electron chi connectivity index (χ1n) is 7.54. The third-order valence-electron chi connectivity index (χ3n) is 3.34. The zero-order valence-corrected chi connectivity index (χ0v) is 14.1. The molecule has 122 valence electrons. The van der Waals surface area contributed by atoms with E-state index in [0.29, 0.717) is 12.8 Å². The quantitative estimate of drug-likeness (QED) is 0.786. The zero-order valence-electron chi connectivity index (χ0n) is 13.3. The summed E-state index contributed by atoms with van der Waals surface area (Å²) in [5.74, 6) is -0.189. The first kappa shape index (κ1) is 17.1. The maximum atomic E-state index is 11.4. The van der Waals surface area contributed by atoms with E-state index < -0.39 is 0 Å². The van der Waals surface area contributed by atoms with Crippen molar-refractivity contribution in [2.24, 2.45) is 0 Å². The number of aryl methyl sites for hydroxylation is 1. The summed E-state index contributed by atoms with van der Waals surface area (Å²) in [6.07, 6.45) is 2.38. The Kier molecular flexibility index (Phi) is 6.29. The molecule has 5 nitrogen and oxygen atoms in total. The number of nitrogens with one attached hydrogen (secondary N) is 1. The van der Waals surface area contributed by atoms with Gasteiger partial charge in [-0.05, 0) is 25.0 Å². The molecule has 1 N–H and O–H groups in total. The minimum absolute atomic E-state index is 0.000648. The highest BCUT2D eigenvalue weighted by Gasteiger charge is 2.07. The Hall–Kier alpha value is -2.21. The molecule has 0 unspecified atom stereocenters. The molecule has 0 aliphatic heterocycles. The lowest BCUT2D eigenvalue weighted by Crippen LogP contribution is -2.08. The molecule has 1 aromatic heterocycles. The van der Waals surface area contributed by atoms with Crippen LogP contribution in [0.4, 0.5) is 5.69 Å². The Balaban J connectivity index is 1.94. The van der Waals surface area contributed by atoms with Crippen molar-refractivity contribution in [3.63, 3.8) is 0 Å². The van der Waals surface area contributed by atoms with E-state index in [1.165, 1.54) is 7.11 Å². The van der Waals surface area contributed by atoms with Crippen LogP contribution in [0.25, 0.3) is 11.3 Å². The van der Waals surface area contributed by atoms with Crippen molar-refractivity contribution in [1.29, 1.82) is 0 Å². The van der Waals surface area contributed by atoms with Crippen LogP contribution in [0.3, 0.4) is 0 Å². The maximum Gasteiger partial charge on any atom is 0.305 e. The van der Waals surface area contributed by atoms with E-state index in [9.17, 15) is 9.59 Å². The lowest BCUT2D eigenvalue weighted by atomic mass is 10.1. The van der Waals surface area contributed by atoms with E-state index in [2.05, 4.69) is 15.0 Å². The number of hydrogen-bond donors (Lipinski definition) is 1. The molecule has 1 amide bonds. The summed E-state index contributed by atoms with van der Waals surface area (Å²) in [7, 11) is 1.40. The van der Waals surface area contributed by atoms with Crippen molar-refractivity contribution in [1.82, 2.24) is 4.98 Å². The third kappa shape index (κ3) is 5.17. The number of thiazole rings is 1. The molecule has 2 aromatic rings. The molecule has 1 aromatic carbocycles. The number of aromatic nitrogens is 1. The second-order valence-electron chi connectivity index (χ2n) is 5.04. The predicted octanol–water partition coefficient (Wildman–Crippen LogP) is 3.65. The highest BCUT2D eigenvalue weighted by molar-refractivity contribution is 7.09. The Labute approximate surface area is 139 Å². The van der Waals surface area contributed by atoms with Gasteiger partial charge in [-0.1, -0.05) is 19.1 Å². The second-order valence-corrected chi connectivity index (χ2v) is 5.98. The summed E-state index contributed by atoms with van der Waals surface area (Å²) in [6, 6.07) is 7.63. The smallest absolute Gasteiger partial charge is 0.305 e. The van der Waals surface area contributed by atoms with Gasteiger partial charge in [-0.15, -0.1) is 11.3 Å².